The van der Waals surface area contributed by atoms with Crippen molar-refractivity contribution in [2.24, 2.45) is 5.92 Å². The highest BCUT2D eigenvalue weighted by atomic mass is 79.9. The van der Waals surface area contributed by atoms with Crippen molar-refractivity contribution >= 4 is 43.3 Å². The molecule has 0 aliphatic heterocycles. The standard InChI is InChI=1S/C15H17BrFNOS/c1-9(2)5-12(8-16)18-15(19)14-6-10-3-4-11(17)7-13(10)20-14/h3-4,6-7,9,12H,5,8H2,1-2H3,(H,18,19). The van der Waals surface area contributed by atoms with Gasteiger partial charge in [-0.25, -0.2) is 4.39 Å². The highest BCUT2D eigenvalue weighted by Gasteiger charge is 2.16. The van der Waals surface area contributed by atoms with E-state index in [1.54, 1.807) is 6.07 Å². The van der Waals surface area contributed by atoms with Crippen LogP contribution in [0.3, 0.4) is 0 Å². The summed E-state index contributed by atoms with van der Waals surface area (Å²) in [5.74, 6) is 0.163. The van der Waals surface area contributed by atoms with Gasteiger partial charge in [0, 0.05) is 16.1 Å². The smallest absolute Gasteiger partial charge is 0.261 e. The van der Waals surface area contributed by atoms with Gasteiger partial charge >= 0.3 is 0 Å². The monoisotopic (exact) mass is 357 g/mol. The minimum atomic E-state index is -0.274. The summed E-state index contributed by atoms with van der Waals surface area (Å²) in [4.78, 5) is 12.9. The number of rotatable bonds is 5. The zero-order valence-electron chi connectivity index (χ0n) is 11.5. The van der Waals surface area contributed by atoms with E-state index in [4.69, 9.17) is 0 Å². The largest absolute Gasteiger partial charge is 0.348 e. The molecular weight excluding hydrogens is 341 g/mol. The Bertz CT molecular complexity index is 611. The third-order valence-corrected chi connectivity index (χ3v) is 4.86. The van der Waals surface area contributed by atoms with Gasteiger partial charge in [0.25, 0.3) is 5.91 Å². The molecule has 5 heteroatoms. The number of amides is 1. The third-order valence-electron chi connectivity index (χ3n) is 2.98. The van der Waals surface area contributed by atoms with Gasteiger partial charge in [-0.15, -0.1) is 11.3 Å². The van der Waals surface area contributed by atoms with Crippen molar-refractivity contribution in [2.75, 3.05) is 5.33 Å². The van der Waals surface area contributed by atoms with Gasteiger partial charge in [0.05, 0.1) is 4.88 Å². The van der Waals surface area contributed by atoms with Crippen LogP contribution in [-0.4, -0.2) is 17.3 Å². The summed E-state index contributed by atoms with van der Waals surface area (Å²) < 4.78 is 14.0. The van der Waals surface area contributed by atoms with E-state index in [2.05, 4.69) is 35.1 Å². The molecule has 0 fully saturated rings. The number of carbonyl (C=O) groups excluding carboxylic acids is 1. The van der Waals surface area contributed by atoms with Gasteiger partial charge < -0.3 is 5.32 Å². The summed E-state index contributed by atoms with van der Waals surface area (Å²) in [6.45, 7) is 4.26. The Labute approximate surface area is 130 Å². The number of hydrogen-bond donors (Lipinski definition) is 1. The molecule has 0 spiro atoms. The first-order valence-corrected chi connectivity index (χ1v) is 8.49. The summed E-state index contributed by atoms with van der Waals surface area (Å²) >= 11 is 4.75. The van der Waals surface area contributed by atoms with Gasteiger partial charge in [-0.3, -0.25) is 4.79 Å². The molecule has 1 N–H and O–H groups in total. The molecule has 1 atom stereocenters. The number of halogens is 2. The first-order valence-electron chi connectivity index (χ1n) is 6.55. The third kappa shape index (κ3) is 3.79. The maximum atomic E-state index is 13.2. The van der Waals surface area contributed by atoms with Gasteiger partial charge in [0.2, 0.25) is 0 Å². The molecule has 0 radical (unpaired) electrons. The van der Waals surface area contributed by atoms with Crippen LogP contribution < -0.4 is 5.32 Å². The lowest BCUT2D eigenvalue weighted by molar-refractivity contribution is 0.0941. The minimum Gasteiger partial charge on any atom is -0.348 e. The van der Waals surface area contributed by atoms with E-state index in [-0.39, 0.29) is 17.8 Å². The van der Waals surface area contributed by atoms with Crippen LogP contribution >= 0.6 is 27.3 Å². The maximum Gasteiger partial charge on any atom is 0.261 e. The topological polar surface area (TPSA) is 29.1 Å². The molecular formula is C15H17BrFNOS. The molecule has 2 rings (SSSR count). The Balaban J connectivity index is 2.14. The van der Waals surface area contributed by atoms with E-state index < -0.39 is 0 Å². The molecule has 2 aromatic rings. The number of hydrogen-bond acceptors (Lipinski definition) is 2. The van der Waals surface area contributed by atoms with Crippen molar-refractivity contribution in [3.05, 3.63) is 35.0 Å². The molecule has 0 bridgehead atoms. The SMILES string of the molecule is CC(C)CC(CBr)NC(=O)c1cc2ccc(F)cc2s1. The van der Waals surface area contributed by atoms with Crippen LogP contribution in [0, 0.1) is 11.7 Å². The quantitative estimate of drug-likeness (QED) is 0.779. The summed E-state index contributed by atoms with van der Waals surface area (Å²) in [5.41, 5.74) is 0. The van der Waals surface area contributed by atoms with Crippen LogP contribution in [0.5, 0.6) is 0 Å². The van der Waals surface area contributed by atoms with Crippen LogP contribution in [0.1, 0.15) is 29.9 Å². The molecule has 0 saturated carbocycles. The molecule has 1 amide bonds. The van der Waals surface area contributed by atoms with E-state index in [0.717, 1.165) is 21.8 Å². The summed E-state index contributed by atoms with van der Waals surface area (Å²) in [6, 6.07) is 6.51. The Kier molecular flexibility index (Phi) is 5.16. The normalized spacial score (nSPS) is 12.8. The average Bonchev–Trinajstić information content (AvgIpc) is 2.80. The predicted molar refractivity (Wildman–Crippen MR) is 86.3 cm³/mol. The number of thiophene rings is 1. The Morgan fingerprint density at radius 3 is 2.80 bits per heavy atom. The highest BCUT2D eigenvalue weighted by Crippen LogP contribution is 2.26. The summed E-state index contributed by atoms with van der Waals surface area (Å²) in [6.07, 6.45) is 0.927. The van der Waals surface area contributed by atoms with Crippen LogP contribution in [-0.2, 0) is 0 Å². The molecule has 1 aromatic heterocycles. The Morgan fingerprint density at radius 1 is 1.40 bits per heavy atom. The number of fused-ring (bicyclic) bond motifs is 1. The van der Waals surface area contributed by atoms with Crippen LogP contribution in [0.4, 0.5) is 4.39 Å². The molecule has 108 valence electrons. The fraction of sp³-hybridized carbons (Fsp3) is 0.400. The lowest BCUT2D eigenvalue weighted by Crippen LogP contribution is -2.36. The second-order valence-corrected chi connectivity index (χ2v) is 6.98. The molecule has 1 heterocycles. The van der Waals surface area contributed by atoms with E-state index in [9.17, 15) is 9.18 Å². The molecule has 0 aliphatic rings. The van der Waals surface area contributed by atoms with Crippen molar-refractivity contribution in [1.29, 1.82) is 0 Å². The molecule has 1 aromatic carbocycles. The van der Waals surface area contributed by atoms with Crippen molar-refractivity contribution in [3.63, 3.8) is 0 Å². The van der Waals surface area contributed by atoms with E-state index in [1.165, 1.54) is 23.5 Å². The average molecular weight is 358 g/mol. The molecule has 2 nitrogen and oxygen atoms in total. The van der Waals surface area contributed by atoms with Crippen molar-refractivity contribution in [1.82, 2.24) is 5.32 Å². The van der Waals surface area contributed by atoms with Gasteiger partial charge in [-0.1, -0.05) is 35.8 Å². The first kappa shape index (κ1) is 15.4. The van der Waals surface area contributed by atoms with Crippen LogP contribution in [0.15, 0.2) is 24.3 Å². The molecule has 20 heavy (non-hydrogen) atoms. The highest BCUT2D eigenvalue weighted by molar-refractivity contribution is 9.09. The second-order valence-electron chi connectivity index (χ2n) is 5.25. The van der Waals surface area contributed by atoms with Crippen molar-refractivity contribution < 1.29 is 9.18 Å². The summed E-state index contributed by atoms with van der Waals surface area (Å²) in [5, 5.41) is 4.66. The molecule has 0 saturated heterocycles. The van der Waals surface area contributed by atoms with E-state index in [1.807, 2.05) is 6.07 Å². The lowest BCUT2D eigenvalue weighted by Gasteiger charge is -2.17. The number of alkyl halides is 1. The Morgan fingerprint density at radius 2 is 2.15 bits per heavy atom. The summed E-state index contributed by atoms with van der Waals surface area (Å²) in [7, 11) is 0. The fourth-order valence-corrected chi connectivity index (χ4v) is 3.52. The first-order chi connectivity index (χ1) is 9.49. The zero-order chi connectivity index (χ0) is 14.7. The van der Waals surface area contributed by atoms with E-state index in [0.29, 0.717) is 10.8 Å². The zero-order valence-corrected chi connectivity index (χ0v) is 13.9. The van der Waals surface area contributed by atoms with Gasteiger partial charge in [0.15, 0.2) is 0 Å². The molecule has 0 aliphatic carbocycles. The predicted octanol–water partition coefficient (Wildman–Crippen LogP) is 4.58. The van der Waals surface area contributed by atoms with Gasteiger partial charge in [-0.05, 0) is 35.9 Å². The van der Waals surface area contributed by atoms with Gasteiger partial charge in [-0.2, -0.15) is 0 Å². The van der Waals surface area contributed by atoms with Crippen molar-refractivity contribution in [3.8, 4) is 0 Å². The number of carbonyl (C=O) groups is 1. The lowest BCUT2D eigenvalue weighted by atomic mass is 10.1. The molecule has 1 unspecified atom stereocenters. The second kappa shape index (κ2) is 6.68. The van der Waals surface area contributed by atoms with Crippen molar-refractivity contribution in [2.45, 2.75) is 26.3 Å². The fourth-order valence-electron chi connectivity index (χ4n) is 2.10. The Hall–Kier alpha value is -0.940. The van der Waals surface area contributed by atoms with Crippen LogP contribution in [0.2, 0.25) is 0 Å². The van der Waals surface area contributed by atoms with E-state index >= 15 is 0 Å². The van der Waals surface area contributed by atoms with Crippen LogP contribution in [0.25, 0.3) is 10.1 Å². The minimum absolute atomic E-state index is 0.0864. The number of nitrogens with one attached hydrogen (secondary N) is 1. The maximum absolute atomic E-state index is 13.2. The number of benzene rings is 1. The van der Waals surface area contributed by atoms with Gasteiger partial charge in [0.1, 0.15) is 5.82 Å².